The summed E-state index contributed by atoms with van der Waals surface area (Å²) in [6.07, 6.45) is 2.20. The van der Waals surface area contributed by atoms with Gasteiger partial charge in [-0.3, -0.25) is 9.59 Å². The average molecular weight is 329 g/mol. The lowest BCUT2D eigenvalue weighted by molar-refractivity contribution is -0.116. The van der Waals surface area contributed by atoms with E-state index in [2.05, 4.69) is 15.5 Å². The van der Waals surface area contributed by atoms with Crippen LogP contribution < -0.4 is 5.32 Å². The molecular formula is C16H15N3O3S. The molecule has 1 aliphatic heterocycles. The maximum absolute atomic E-state index is 12.3. The molecule has 0 bridgehead atoms. The minimum absolute atomic E-state index is 0.0180. The van der Waals surface area contributed by atoms with Crippen molar-refractivity contribution in [2.75, 3.05) is 11.1 Å². The third kappa shape index (κ3) is 2.76. The highest BCUT2D eigenvalue weighted by Crippen LogP contribution is 2.40. The summed E-state index contributed by atoms with van der Waals surface area (Å²) in [6, 6.07) is 5.32. The molecule has 2 aromatic rings. The van der Waals surface area contributed by atoms with Crippen molar-refractivity contribution in [3.8, 4) is 0 Å². The van der Waals surface area contributed by atoms with Gasteiger partial charge in [0.1, 0.15) is 0 Å². The van der Waals surface area contributed by atoms with Crippen LogP contribution in [-0.4, -0.2) is 27.6 Å². The summed E-state index contributed by atoms with van der Waals surface area (Å²) < 4.78 is 5.53. The minimum atomic E-state index is -0.220. The lowest BCUT2D eigenvalue weighted by atomic mass is 9.99. The van der Waals surface area contributed by atoms with Crippen molar-refractivity contribution in [1.82, 2.24) is 10.2 Å². The van der Waals surface area contributed by atoms with E-state index in [4.69, 9.17) is 4.42 Å². The summed E-state index contributed by atoms with van der Waals surface area (Å²) in [5.74, 6) is 1.06. The number of hydrogen-bond donors (Lipinski definition) is 1. The Morgan fingerprint density at radius 2 is 2.22 bits per heavy atom. The van der Waals surface area contributed by atoms with Crippen LogP contribution >= 0.6 is 11.8 Å². The van der Waals surface area contributed by atoms with Gasteiger partial charge in [-0.25, -0.2) is 0 Å². The molecule has 0 unspecified atom stereocenters. The summed E-state index contributed by atoms with van der Waals surface area (Å²) in [4.78, 5) is 24.0. The standard InChI is InChI=1S/C16H15N3O3S/c1-8-11-6-10(4-5-12(11)17-14(8)21)13(20)7-23-16-19-18-15(22-16)9-2-3-9/h4-6,8-9H,2-3,7H2,1H3,(H,17,21)/t8-/m1/s1. The Kier molecular flexibility index (Phi) is 3.45. The number of nitrogens with zero attached hydrogens (tertiary/aromatic N) is 2. The first kappa shape index (κ1) is 14.4. The molecule has 23 heavy (non-hydrogen) atoms. The first-order valence-corrected chi connectivity index (χ1v) is 8.54. The van der Waals surface area contributed by atoms with E-state index in [0.717, 1.165) is 24.1 Å². The van der Waals surface area contributed by atoms with Gasteiger partial charge in [0.15, 0.2) is 5.78 Å². The topological polar surface area (TPSA) is 85.1 Å². The van der Waals surface area contributed by atoms with E-state index in [9.17, 15) is 9.59 Å². The molecule has 2 aliphatic rings. The number of anilines is 1. The third-order valence-electron chi connectivity index (χ3n) is 4.17. The number of amides is 1. The van der Waals surface area contributed by atoms with E-state index in [1.807, 2.05) is 6.92 Å². The summed E-state index contributed by atoms with van der Waals surface area (Å²) in [6.45, 7) is 1.84. The molecule has 1 amide bonds. The van der Waals surface area contributed by atoms with Gasteiger partial charge in [-0.15, -0.1) is 10.2 Å². The Bertz CT molecular complexity index is 798. The van der Waals surface area contributed by atoms with Crippen LogP contribution in [0.5, 0.6) is 0 Å². The van der Waals surface area contributed by atoms with E-state index in [1.165, 1.54) is 11.8 Å². The molecule has 1 aromatic heterocycles. The van der Waals surface area contributed by atoms with Crippen molar-refractivity contribution in [1.29, 1.82) is 0 Å². The molecule has 1 saturated carbocycles. The zero-order chi connectivity index (χ0) is 16.0. The number of ketones is 1. The smallest absolute Gasteiger partial charge is 0.277 e. The molecule has 2 heterocycles. The SMILES string of the molecule is C[C@H]1C(=O)Nc2ccc(C(=O)CSc3nnc(C4CC4)o3)cc21. The van der Waals surface area contributed by atoms with E-state index in [0.29, 0.717) is 22.6 Å². The quantitative estimate of drug-likeness (QED) is 0.670. The summed E-state index contributed by atoms with van der Waals surface area (Å²) in [7, 11) is 0. The maximum Gasteiger partial charge on any atom is 0.277 e. The van der Waals surface area contributed by atoms with E-state index >= 15 is 0 Å². The highest BCUT2D eigenvalue weighted by atomic mass is 32.2. The molecule has 7 heteroatoms. The fourth-order valence-corrected chi connectivity index (χ4v) is 3.24. The van der Waals surface area contributed by atoms with Crippen molar-refractivity contribution >= 4 is 29.1 Å². The minimum Gasteiger partial charge on any atom is -0.416 e. The third-order valence-corrected chi connectivity index (χ3v) is 4.99. The fourth-order valence-electron chi connectivity index (χ4n) is 2.58. The second kappa shape index (κ2) is 5.49. The number of benzene rings is 1. The van der Waals surface area contributed by atoms with Gasteiger partial charge in [0.05, 0.1) is 11.7 Å². The van der Waals surface area contributed by atoms with Crippen LogP contribution in [0.25, 0.3) is 0 Å². The highest BCUT2D eigenvalue weighted by molar-refractivity contribution is 7.99. The van der Waals surface area contributed by atoms with Crippen LogP contribution in [-0.2, 0) is 4.79 Å². The molecular weight excluding hydrogens is 314 g/mol. The Morgan fingerprint density at radius 3 is 3.00 bits per heavy atom. The van der Waals surface area contributed by atoms with Gasteiger partial charge in [0.25, 0.3) is 5.22 Å². The Morgan fingerprint density at radius 1 is 1.39 bits per heavy atom. The van der Waals surface area contributed by atoms with Crippen LogP contribution in [0.3, 0.4) is 0 Å². The lowest BCUT2D eigenvalue weighted by Gasteiger charge is -2.04. The molecule has 1 aromatic carbocycles. The maximum atomic E-state index is 12.3. The number of Topliss-reactive ketones (excluding diaryl/α,β-unsaturated/α-hetero) is 1. The van der Waals surface area contributed by atoms with Crippen LogP contribution in [0.15, 0.2) is 27.8 Å². The number of thioether (sulfide) groups is 1. The van der Waals surface area contributed by atoms with Crippen LogP contribution in [0.2, 0.25) is 0 Å². The number of aromatic nitrogens is 2. The normalized spacial score (nSPS) is 19.5. The predicted molar refractivity (Wildman–Crippen MR) is 84.8 cm³/mol. The van der Waals surface area contributed by atoms with Crippen LogP contribution in [0.1, 0.15) is 53.4 Å². The molecule has 1 N–H and O–H groups in total. The van der Waals surface area contributed by atoms with Crippen molar-refractivity contribution < 1.29 is 14.0 Å². The molecule has 118 valence electrons. The molecule has 0 saturated heterocycles. The zero-order valence-electron chi connectivity index (χ0n) is 12.5. The molecule has 0 spiro atoms. The van der Waals surface area contributed by atoms with Crippen LogP contribution in [0, 0.1) is 0 Å². The van der Waals surface area contributed by atoms with Gasteiger partial charge in [0, 0.05) is 17.2 Å². The molecule has 1 fully saturated rings. The van der Waals surface area contributed by atoms with Crippen LogP contribution in [0.4, 0.5) is 5.69 Å². The second-order valence-corrected chi connectivity index (χ2v) is 6.83. The monoisotopic (exact) mass is 329 g/mol. The largest absolute Gasteiger partial charge is 0.416 e. The predicted octanol–water partition coefficient (Wildman–Crippen LogP) is 2.98. The van der Waals surface area contributed by atoms with E-state index in [1.54, 1.807) is 18.2 Å². The van der Waals surface area contributed by atoms with Gasteiger partial charge in [-0.05, 0) is 43.5 Å². The molecule has 0 radical (unpaired) electrons. The fraction of sp³-hybridized carbons (Fsp3) is 0.375. The lowest BCUT2D eigenvalue weighted by Crippen LogP contribution is -2.08. The van der Waals surface area contributed by atoms with Gasteiger partial charge in [-0.1, -0.05) is 11.8 Å². The van der Waals surface area contributed by atoms with Crippen molar-refractivity contribution in [3.63, 3.8) is 0 Å². The van der Waals surface area contributed by atoms with Gasteiger partial charge in [0.2, 0.25) is 11.8 Å². The average Bonchev–Trinajstić information content (AvgIpc) is 3.23. The van der Waals surface area contributed by atoms with E-state index < -0.39 is 0 Å². The molecule has 6 nitrogen and oxygen atoms in total. The Labute approximate surface area is 137 Å². The van der Waals surface area contributed by atoms with Gasteiger partial charge in [-0.2, -0.15) is 0 Å². The van der Waals surface area contributed by atoms with Crippen molar-refractivity contribution in [2.45, 2.75) is 36.8 Å². The summed E-state index contributed by atoms with van der Waals surface area (Å²) in [5, 5.41) is 11.2. The molecule has 4 rings (SSSR count). The zero-order valence-corrected chi connectivity index (χ0v) is 13.4. The number of rotatable bonds is 5. The Balaban J connectivity index is 1.43. The molecule has 1 atom stereocenters. The summed E-state index contributed by atoms with van der Waals surface area (Å²) >= 11 is 1.25. The number of carbonyl (C=O) groups is 2. The number of hydrogen-bond acceptors (Lipinski definition) is 6. The summed E-state index contributed by atoms with van der Waals surface area (Å²) in [5.41, 5.74) is 2.26. The van der Waals surface area contributed by atoms with Gasteiger partial charge >= 0.3 is 0 Å². The van der Waals surface area contributed by atoms with Crippen molar-refractivity contribution in [3.05, 3.63) is 35.2 Å². The first-order chi connectivity index (χ1) is 11.1. The van der Waals surface area contributed by atoms with Crippen molar-refractivity contribution in [2.24, 2.45) is 0 Å². The number of nitrogens with one attached hydrogen (secondary N) is 1. The Hall–Kier alpha value is -2.15. The molecule has 1 aliphatic carbocycles. The number of fused-ring (bicyclic) bond motifs is 1. The second-order valence-electron chi connectivity index (χ2n) is 5.91. The first-order valence-electron chi connectivity index (χ1n) is 7.56. The number of carbonyl (C=O) groups excluding carboxylic acids is 2. The van der Waals surface area contributed by atoms with E-state index in [-0.39, 0.29) is 23.4 Å². The van der Waals surface area contributed by atoms with Gasteiger partial charge < -0.3 is 9.73 Å². The highest BCUT2D eigenvalue weighted by Gasteiger charge is 2.30.